The molecule has 2 aromatic rings. The molecule has 0 aliphatic carbocycles. The van der Waals surface area contributed by atoms with Crippen LogP contribution in [0.4, 0.5) is 5.13 Å². The van der Waals surface area contributed by atoms with Crippen LogP contribution in [0, 0.1) is 13.8 Å². The Morgan fingerprint density at radius 2 is 2.38 bits per heavy atom. The topological polar surface area (TPSA) is 69.0 Å². The van der Waals surface area contributed by atoms with Crippen LogP contribution in [0.5, 0.6) is 0 Å². The number of allylic oxidation sites excluding steroid dienone is 1. The van der Waals surface area contributed by atoms with Crippen molar-refractivity contribution in [3.63, 3.8) is 0 Å². The molecule has 1 aliphatic heterocycles. The number of hydrogen-bond donors (Lipinski definition) is 1. The number of nitrogens with zero attached hydrogens (tertiary/aromatic N) is 3. The Labute approximate surface area is 162 Å². The molecule has 0 radical (unpaired) electrons. The Morgan fingerprint density at radius 1 is 1.54 bits per heavy atom. The summed E-state index contributed by atoms with van der Waals surface area (Å²) in [7, 11) is 0. The van der Waals surface area contributed by atoms with E-state index in [2.05, 4.69) is 26.7 Å². The number of nitrogens with one attached hydrogen (secondary N) is 1. The third kappa shape index (κ3) is 4.55. The zero-order valence-electron chi connectivity index (χ0n) is 15.2. The van der Waals surface area contributed by atoms with Crippen molar-refractivity contribution >= 4 is 34.0 Å². The molecule has 2 aromatic heterocycles. The molecule has 0 bridgehead atoms. The van der Waals surface area contributed by atoms with Crippen LogP contribution in [-0.4, -0.2) is 45.6 Å². The summed E-state index contributed by atoms with van der Waals surface area (Å²) in [6, 6.07) is 1.95. The fourth-order valence-corrected chi connectivity index (χ4v) is 4.69. The highest BCUT2D eigenvalue weighted by molar-refractivity contribution is 8.01. The highest BCUT2D eigenvalue weighted by Crippen LogP contribution is 2.27. The molecular weight excluding hydrogens is 368 g/mol. The zero-order chi connectivity index (χ0) is 18.5. The molecule has 6 nitrogen and oxygen atoms in total. The molecule has 1 N–H and O–H groups in total. The average Bonchev–Trinajstić information content (AvgIpc) is 3.35. The van der Waals surface area contributed by atoms with Gasteiger partial charge in [-0.1, -0.05) is 29.2 Å². The van der Waals surface area contributed by atoms with Crippen LogP contribution in [0.2, 0.25) is 0 Å². The predicted molar refractivity (Wildman–Crippen MR) is 107 cm³/mol. The Kier molecular flexibility index (Phi) is 6.50. The van der Waals surface area contributed by atoms with Crippen LogP contribution < -0.4 is 5.32 Å². The molecule has 3 rings (SSSR count). The third-order valence-electron chi connectivity index (χ3n) is 4.42. The minimum Gasteiger partial charge on any atom is -0.376 e. The summed E-state index contributed by atoms with van der Waals surface area (Å²) in [6.45, 7) is 10.1. The summed E-state index contributed by atoms with van der Waals surface area (Å²) < 4.78 is 8.48. The summed E-state index contributed by atoms with van der Waals surface area (Å²) in [4.78, 5) is 12.6. The van der Waals surface area contributed by atoms with Crippen LogP contribution in [0.3, 0.4) is 0 Å². The van der Waals surface area contributed by atoms with Gasteiger partial charge in [-0.3, -0.25) is 4.79 Å². The van der Waals surface area contributed by atoms with Crippen LogP contribution in [0.25, 0.3) is 0 Å². The van der Waals surface area contributed by atoms with Crippen molar-refractivity contribution in [2.75, 3.05) is 24.2 Å². The van der Waals surface area contributed by atoms with Crippen LogP contribution in [0.1, 0.15) is 34.6 Å². The number of carbonyl (C=O) groups is 1. The molecule has 140 valence electrons. The van der Waals surface area contributed by atoms with Crippen molar-refractivity contribution in [3.05, 3.63) is 35.7 Å². The Hall–Kier alpha value is -1.64. The summed E-state index contributed by atoms with van der Waals surface area (Å²) in [5.41, 5.74) is 2.84. The van der Waals surface area contributed by atoms with E-state index in [1.54, 1.807) is 0 Å². The molecule has 0 aromatic carbocycles. The van der Waals surface area contributed by atoms with E-state index >= 15 is 0 Å². The van der Waals surface area contributed by atoms with Crippen molar-refractivity contribution in [1.82, 2.24) is 14.8 Å². The second-order valence-corrected chi connectivity index (χ2v) is 8.48. The van der Waals surface area contributed by atoms with E-state index in [4.69, 9.17) is 4.74 Å². The average molecular weight is 393 g/mol. The van der Waals surface area contributed by atoms with Gasteiger partial charge in [0, 0.05) is 36.6 Å². The van der Waals surface area contributed by atoms with E-state index in [9.17, 15) is 4.79 Å². The van der Waals surface area contributed by atoms with Crippen LogP contribution in [0.15, 0.2) is 23.1 Å². The first-order valence-electron chi connectivity index (χ1n) is 8.71. The summed E-state index contributed by atoms with van der Waals surface area (Å²) in [5, 5.41) is 12.3. The monoisotopic (exact) mass is 392 g/mol. The summed E-state index contributed by atoms with van der Waals surface area (Å²) >= 11 is 2.91. The molecule has 0 unspecified atom stereocenters. The van der Waals surface area contributed by atoms with E-state index in [0.717, 1.165) is 52.4 Å². The molecule has 1 saturated heterocycles. The van der Waals surface area contributed by atoms with Gasteiger partial charge in [0.15, 0.2) is 10.1 Å². The molecule has 0 saturated carbocycles. The molecule has 26 heavy (non-hydrogen) atoms. The lowest BCUT2D eigenvalue weighted by molar-refractivity contribution is 0.102. The fourth-order valence-electron chi connectivity index (χ4n) is 3.04. The van der Waals surface area contributed by atoms with E-state index < -0.39 is 0 Å². The van der Waals surface area contributed by atoms with E-state index in [1.807, 2.05) is 26.0 Å². The predicted octanol–water partition coefficient (Wildman–Crippen LogP) is 3.71. The van der Waals surface area contributed by atoms with E-state index in [-0.39, 0.29) is 11.9 Å². The van der Waals surface area contributed by atoms with Crippen molar-refractivity contribution < 1.29 is 9.53 Å². The molecule has 1 fully saturated rings. The molecule has 0 spiro atoms. The second-order valence-electron chi connectivity index (χ2n) is 6.28. The molecule has 8 heteroatoms. The largest absolute Gasteiger partial charge is 0.376 e. The number of Topliss-reactive ketones (excluding diaryl/α,β-unsaturated/α-hetero) is 1. The van der Waals surface area contributed by atoms with E-state index in [1.165, 1.54) is 23.1 Å². The standard InChI is InChI=1S/C18H24N4O2S2/c1-4-7-22-12(2)9-15(13(22)3)16(23)11-25-18-21-20-17(26-18)19-10-14-6-5-8-24-14/h4,9,14H,1,5-8,10-11H2,2-3H3,(H,19,20)/t14-/m0/s1. The van der Waals surface area contributed by atoms with Gasteiger partial charge in [-0.25, -0.2) is 0 Å². The highest BCUT2D eigenvalue weighted by Gasteiger charge is 2.18. The number of rotatable bonds is 9. The van der Waals surface area contributed by atoms with Gasteiger partial charge >= 0.3 is 0 Å². The lowest BCUT2D eigenvalue weighted by Gasteiger charge is -2.08. The lowest BCUT2D eigenvalue weighted by Crippen LogP contribution is -2.18. The number of aryl methyl sites for hydroxylation is 1. The first-order chi connectivity index (χ1) is 12.6. The van der Waals surface area contributed by atoms with Crippen molar-refractivity contribution in [2.24, 2.45) is 0 Å². The minimum absolute atomic E-state index is 0.113. The maximum absolute atomic E-state index is 12.6. The normalized spacial score (nSPS) is 16.8. The second kappa shape index (κ2) is 8.83. The quantitative estimate of drug-likeness (QED) is 0.399. The Balaban J connectivity index is 1.53. The van der Waals surface area contributed by atoms with Gasteiger partial charge in [-0.2, -0.15) is 0 Å². The van der Waals surface area contributed by atoms with Crippen molar-refractivity contribution in [2.45, 2.75) is 43.7 Å². The third-order valence-corrected chi connectivity index (χ3v) is 6.44. The smallest absolute Gasteiger partial charge is 0.206 e. The van der Waals surface area contributed by atoms with Crippen molar-refractivity contribution in [3.8, 4) is 0 Å². The number of anilines is 1. The number of aromatic nitrogens is 3. The maximum Gasteiger partial charge on any atom is 0.206 e. The number of ketones is 1. The minimum atomic E-state index is 0.113. The molecule has 3 heterocycles. The van der Waals surface area contributed by atoms with Gasteiger partial charge in [0.2, 0.25) is 5.13 Å². The first kappa shape index (κ1) is 19.1. The SMILES string of the molecule is C=CCn1c(C)cc(C(=O)CSc2nnc(NC[C@@H]3CCCO3)s2)c1C. The number of hydrogen-bond acceptors (Lipinski definition) is 7. The van der Waals surface area contributed by atoms with Gasteiger partial charge in [0.05, 0.1) is 11.9 Å². The van der Waals surface area contributed by atoms with Gasteiger partial charge in [0.1, 0.15) is 0 Å². The molecule has 1 atom stereocenters. The molecule has 1 aliphatic rings. The maximum atomic E-state index is 12.6. The number of carbonyl (C=O) groups excluding carboxylic acids is 1. The molecular formula is C18H24N4O2S2. The van der Waals surface area contributed by atoms with Gasteiger partial charge < -0.3 is 14.6 Å². The first-order valence-corrected chi connectivity index (χ1v) is 10.5. The highest BCUT2D eigenvalue weighted by atomic mass is 32.2. The fraction of sp³-hybridized carbons (Fsp3) is 0.500. The molecule has 0 amide bonds. The van der Waals surface area contributed by atoms with Gasteiger partial charge in [-0.15, -0.1) is 16.8 Å². The zero-order valence-corrected chi connectivity index (χ0v) is 16.8. The number of ether oxygens (including phenoxy) is 1. The summed E-state index contributed by atoms with van der Waals surface area (Å²) in [6.07, 6.45) is 4.32. The van der Waals surface area contributed by atoms with E-state index in [0.29, 0.717) is 12.3 Å². The Bertz CT molecular complexity index is 778. The van der Waals surface area contributed by atoms with Gasteiger partial charge in [-0.05, 0) is 32.8 Å². The van der Waals surface area contributed by atoms with Crippen molar-refractivity contribution in [1.29, 1.82) is 0 Å². The van der Waals surface area contributed by atoms with Crippen LogP contribution in [-0.2, 0) is 11.3 Å². The Morgan fingerprint density at radius 3 is 3.12 bits per heavy atom. The number of thioether (sulfide) groups is 1. The lowest BCUT2D eigenvalue weighted by atomic mass is 10.2. The van der Waals surface area contributed by atoms with Crippen LogP contribution >= 0.6 is 23.1 Å². The van der Waals surface area contributed by atoms with Gasteiger partial charge in [0.25, 0.3) is 0 Å². The summed E-state index contributed by atoms with van der Waals surface area (Å²) in [5.74, 6) is 0.473.